The van der Waals surface area contributed by atoms with Gasteiger partial charge in [0.15, 0.2) is 0 Å². The SMILES string of the molecule is CC(C)CCCN1CC(=O)NC2(CCCC2)C1=O. The molecule has 2 rings (SSSR count). The standard InChI is InChI=1S/C14H24N2O2/c1-11(2)6-5-9-16-10-12(17)15-14(13(16)18)7-3-4-8-14/h11H,3-10H2,1-2H3,(H,15,17). The Morgan fingerprint density at radius 1 is 1.28 bits per heavy atom. The fourth-order valence-corrected chi connectivity index (χ4v) is 3.10. The topological polar surface area (TPSA) is 49.4 Å². The highest BCUT2D eigenvalue weighted by atomic mass is 16.2. The van der Waals surface area contributed by atoms with Gasteiger partial charge in [0.1, 0.15) is 5.54 Å². The molecule has 1 aliphatic heterocycles. The molecule has 0 unspecified atom stereocenters. The molecule has 102 valence electrons. The molecule has 0 atom stereocenters. The van der Waals surface area contributed by atoms with Crippen molar-refractivity contribution in [1.82, 2.24) is 10.2 Å². The zero-order chi connectivity index (χ0) is 13.2. The van der Waals surface area contributed by atoms with Crippen molar-refractivity contribution in [3.63, 3.8) is 0 Å². The van der Waals surface area contributed by atoms with Gasteiger partial charge >= 0.3 is 0 Å². The Morgan fingerprint density at radius 2 is 1.94 bits per heavy atom. The van der Waals surface area contributed by atoms with E-state index in [1.54, 1.807) is 4.90 Å². The van der Waals surface area contributed by atoms with Crippen LogP contribution >= 0.6 is 0 Å². The number of nitrogens with zero attached hydrogens (tertiary/aromatic N) is 1. The monoisotopic (exact) mass is 252 g/mol. The van der Waals surface area contributed by atoms with Gasteiger partial charge < -0.3 is 10.2 Å². The summed E-state index contributed by atoms with van der Waals surface area (Å²) in [5, 5.41) is 2.94. The third-order valence-corrected chi connectivity index (χ3v) is 4.08. The lowest BCUT2D eigenvalue weighted by Crippen LogP contribution is -2.65. The third kappa shape index (κ3) is 2.68. The minimum Gasteiger partial charge on any atom is -0.340 e. The number of amides is 2. The van der Waals surface area contributed by atoms with Gasteiger partial charge in [-0.3, -0.25) is 9.59 Å². The van der Waals surface area contributed by atoms with Crippen molar-refractivity contribution in [3.8, 4) is 0 Å². The summed E-state index contributed by atoms with van der Waals surface area (Å²) in [5.74, 6) is 0.823. The van der Waals surface area contributed by atoms with Crippen molar-refractivity contribution in [2.75, 3.05) is 13.1 Å². The van der Waals surface area contributed by atoms with E-state index in [0.717, 1.165) is 45.1 Å². The van der Waals surface area contributed by atoms with Crippen LogP contribution < -0.4 is 5.32 Å². The highest BCUT2D eigenvalue weighted by molar-refractivity contribution is 5.98. The Bertz CT molecular complexity index is 333. The molecule has 0 radical (unpaired) electrons. The fraction of sp³-hybridized carbons (Fsp3) is 0.857. The molecule has 0 aromatic heterocycles. The van der Waals surface area contributed by atoms with Crippen molar-refractivity contribution in [3.05, 3.63) is 0 Å². The second-order valence-electron chi connectivity index (χ2n) is 6.10. The molecule has 4 heteroatoms. The Hall–Kier alpha value is -1.06. The van der Waals surface area contributed by atoms with Gasteiger partial charge in [-0.25, -0.2) is 0 Å². The maximum absolute atomic E-state index is 12.5. The van der Waals surface area contributed by atoms with Gasteiger partial charge in [-0.05, 0) is 31.6 Å². The lowest BCUT2D eigenvalue weighted by atomic mass is 9.93. The lowest BCUT2D eigenvalue weighted by molar-refractivity contribution is -0.149. The van der Waals surface area contributed by atoms with Crippen LogP contribution in [0.15, 0.2) is 0 Å². The minimum absolute atomic E-state index is 0.0149. The molecule has 2 fully saturated rings. The number of nitrogens with one attached hydrogen (secondary N) is 1. The first-order valence-corrected chi connectivity index (χ1v) is 7.14. The molecular weight excluding hydrogens is 228 g/mol. The average Bonchev–Trinajstić information content (AvgIpc) is 2.74. The molecule has 1 saturated carbocycles. The van der Waals surface area contributed by atoms with Crippen LogP contribution in [0.1, 0.15) is 52.4 Å². The van der Waals surface area contributed by atoms with Gasteiger partial charge in [-0.2, -0.15) is 0 Å². The van der Waals surface area contributed by atoms with Gasteiger partial charge in [0.25, 0.3) is 0 Å². The first-order chi connectivity index (χ1) is 8.53. The number of hydrogen-bond donors (Lipinski definition) is 1. The predicted molar refractivity (Wildman–Crippen MR) is 70.0 cm³/mol. The van der Waals surface area contributed by atoms with E-state index in [2.05, 4.69) is 19.2 Å². The molecule has 1 N–H and O–H groups in total. The number of carbonyl (C=O) groups excluding carboxylic acids is 2. The van der Waals surface area contributed by atoms with E-state index >= 15 is 0 Å². The molecule has 2 aliphatic rings. The predicted octanol–water partition coefficient (Wildman–Crippen LogP) is 1.69. The third-order valence-electron chi connectivity index (χ3n) is 4.08. The quantitative estimate of drug-likeness (QED) is 0.828. The maximum Gasteiger partial charge on any atom is 0.248 e. The van der Waals surface area contributed by atoms with Crippen LogP contribution in [0.5, 0.6) is 0 Å². The highest BCUT2D eigenvalue weighted by Gasteiger charge is 2.47. The minimum atomic E-state index is -0.548. The second kappa shape index (κ2) is 5.29. The van der Waals surface area contributed by atoms with Crippen molar-refractivity contribution in [2.24, 2.45) is 5.92 Å². The molecule has 1 spiro atoms. The molecule has 1 aliphatic carbocycles. The average molecular weight is 252 g/mol. The Labute approximate surface area is 109 Å². The molecule has 0 aromatic carbocycles. The van der Waals surface area contributed by atoms with Crippen molar-refractivity contribution >= 4 is 11.8 Å². The van der Waals surface area contributed by atoms with Crippen molar-refractivity contribution < 1.29 is 9.59 Å². The Kier molecular flexibility index (Phi) is 3.93. The number of rotatable bonds is 4. The number of carbonyl (C=O) groups is 2. The first-order valence-electron chi connectivity index (χ1n) is 7.14. The van der Waals surface area contributed by atoms with Gasteiger partial charge in [0, 0.05) is 6.54 Å². The van der Waals surface area contributed by atoms with Crippen molar-refractivity contribution in [1.29, 1.82) is 0 Å². The lowest BCUT2D eigenvalue weighted by Gasteiger charge is -2.39. The fourth-order valence-electron chi connectivity index (χ4n) is 3.10. The van der Waals surface area contributed by atoms with Crippen LogP contribution in [0.2, 0.25) is 0 Å². The van der Waals surface area contributed by atoms with E-state index in [1.807, 2.05) is 0 Å². The van der Waals surface area contributed by atoms with Crippen LogP contribution in [0.4, 0.5) is 0 Å². The van der Waals surface area contributed by atoms with Crippen LogP contribution in [-0.4, -0.2) is 35.3 Å². The van der Waals surface area contributed by atoms with Gasteiger partial charge in [-0.15, -0.1) is 0 Å². The molecular formula is C14H24N2O2. The van der Waals surface area contributed by atoms with E-state index < -0.39 is 5.54 Å². The largest absolute Gasteiger partial charge is 0.340 e. The molecule has 18 heavy (non-hydrogen) atoms. The summed E-state index contributed by atoms with van der Waals surface area (Å²) in [6.45, 7) is 5.34. The van der Waals surface area contributed by atoms with E-state index in [-0.39, 0.29) is 18.4 Å². The van der Waals surface area contributed by atoms with E-state index in [4.69, 9.17) is 0 Å². The maximum atomic E-state index is 12.5. The Balaban J connectivity index is 1.97. The summed E-state index contributed by atoms with van der Waals surface area (Å²) in [5.41, 5.74) is -0.548. The summed E-state index contributed by atoms with van der Waals surface area (Å²) in [7, 11) is 0. The van der Waals surface area contributed by atoms with Crippen molar-refractivity contribution in [2.45, 2.75) is 57.9 Å². The van der Waals surface area contributed by atoms with Gasteiger partial charge in [-0.1, -0.05) is 26.7 Å². The van der Waals surface area contributed by atoms with E-state index in [9.17, 15) is 9.59 Å². The smallest absolute Gasteiger partial charge is 0.248 e. The van der Waals surface area contributed by atoms with Crippen LogP contribution in [0, 0.1) is 5.92 Å². The number of hydrogen-bond acceptors (Lipinski definition) is 2. The Morgan fingerprint density at radius 3 is 2.56 bits per heavy atom. The second-order valence-corrected chi connectivity index (χ2v) is 6.10. The summed E-state index contributed by atoms with van der Waals surface area (Å²) in [6.07, 6.45) is 5.83. The molecule has 1 heterocycles. The van der Waals surface area contributed by atoms with Crippen LogP contribution in [0.3, 0.4) is 0 Å². The molecule has 1 saturated heterocycles. The zero-order valence-electron chi connectivity index (χ0n) is 11.5. The number of piperazine rings is 1. The van der Waals surface area contributed by atoms with Gasteiger partial charge in [0.05, 0.1) is 6.54 Å². The normalized spacial score (nSPS) is 22.9. The zero-order valence-corrected chi connectivity index (χ0v) is 11.5. The molecule has 0 aromatic rings. The first kappa shape index (κ1) is 13.4. The summed E-state index contributed by atoms with van der Waals surface area (Å²) in [6, 6.07) is 0. The van der Waals surface area contributed by atoms with Crippen LogP contribution in [0.25, 0.3) is 0 Å². The van der Waals surface area contributed by atoms with Gasteiger partial charge in [0.2, 0.25) is 11.8 Å². The molecule has 0 bridgehead atoms. The van der Waals surface area contributed by atoms with E-state index in [1.165, 1.54) is 0 Å². The summed E-state index contributed by atoms with van der Waals surface area (Å²) in [4.78, 5) is 26.0. The summed E-state index contributed by atoms with van der Waals surface area (Å²) < 4.78 is 0. The molecule has 4 nitrogen and oxygen atoms in total. The highest BCUT2D eigenvalue weighted by Crippen LogP contribution is 2.33. The molecule has 2 amide bonds. The summed E-state index contributed by atoms with van der Waals surface area (Å²) >= 11 is 0. The van der Waals surface area contributed by atoms with Crippen LogP contribution in [-0.2, 0) is 9.59 Å². The van der Waals surface area contributed by atoms with E-state index in [0.29, 0.717) is 5.92 Å².